The van der Waals surface area contributed by atoms with E-state index in [-0.39, 0.29) is 55.7 Å². The predicted octanol–water partition coefficient (Wildman–Crippen LogP) is 5.94. The Morgan fingerprint density at radius 2 is 1.37 bits per heavy atom. The number of carbonyl (C=O) groups is 4. The lowest BCUT2D eigenvalue weighted by molar-refractivity contribution is -0.141. The van der Waals surface area contributed by atoms with Crippen molar-refractivity contribution in [3.05, 3.63) is 89.1 Å². The third kappa shape index (κ3) is 11.5. The van der Waals surface area contributed by atoms with E-state index in [2.05, 4.69) is 66.9 Å². The smallest absolute Gasteiger partial charge is 0.433 e. The van der Waals surface area contributed by atoms with Crippen molar-refractivity contribution in [2.24, 2.45) is 0 Å². The normalized spacial score (nSPS) is 14.2. The molecule has 6 N–H and O–H groups in total. The lowest BCUT2D eigenvalue weighted by Gasteiger charge is -2.23. The number of alkyl halides is 3. The van der Waals surface area contributed by atoms with E-state index in [1.807, 2.05) is 4.90 Å². The number of fused-ring (bicyclic) bond motifs is 2. The molecule has 0 unspecified atom stereocenters. The first-order valence-electron chi connectivity index (χ1n) is 19.1. The van der Waals surface area contributed by atoms with Crippen molar-refractivity contribution >= 4 is 52.3 Å². The van der Waals surface area contributed by atoms with E-state index >= 15 is 0 Å². The fourth-order valence-electron chi connectivity index (χ4n) is 6.40. The van der Waals surface area contributed by atoms with Crippen LogP contribution in [0.25, 0.3) is 0 Å². The summed E-state index contributed by atoms with van der Waals surface area (Å²) < 4.78 is 55.3. The molecule has 1 saturated heterocycles. The lowest BCUT2D eigenvalue weighted by Crippen LogP contribution is -2.31. The van der Waals surface area contributed by atoms with Crippen molar-refractivity contribution in [3.63, 3.8) is 0 Å². The van der Waals surface area contributed by atoms with E-state index in [9.17, 15) is 32.3 Å². The largest absolute Gasteiger partial charge is 0.479 e. The Kier molecular flexibility index (Phi) is 13.8. The molecule has 3 aliphatic heterocycles. The monoisotopic (exact) mass is 833 g/mol. The second kappa shape index (κ2) is 19.3. The van der Waals surface area contributed by atoms with Crippen LogP contribution in [-0.4, -0.2) is 87.3 Å². The maximum Gasteiger partial charge on any atom is 0.433 e. The van der Waals surface area contributed by atoms with Gasteiger partial charge in [-0.05, 0) is 87.5 Å². The Morgan fingerprint density at radius 3 is 1.92 bits per heavy atom. The average molecular weight is 834 g/mol. The van der Waals surface area contributed by atoms with Gasteiger partial charge in [0, 0.05) is 44.0 Å². The summed E-state index contributed by atoms with van der Waals surface area (Å²) in [5, 5.41) is 16.3. The molecule has 16 nitrogen and oxygen atoms in total. The highest BCUT2D eigenvalue weighted by Crippen LogP contribution is 2.37. The summed E-state index contributed by atoms with van der Waals surface area (Å²) in [5.74, 6) is 0.0697. The Bertz CT molecular complexity index is 2210. The Labute approximate surface area is 344 Å². The maximum atomic E-state index is 13.0. The summed E-state index contributed by atoms with van der Waals surface area (Å²) in [7, 11) is 3.60. The Hall–Kier alpha value is -6.76. The van der Waals surface area contributed by atoms with E-state index in [1.165, 1.54) is 30.2 Å². The summed E-state index contributed by atoms with van der Waals surface area (Å²) in [6.07, 6.45) is -2.21. The number of nitrogens with zero attached hydrogens (tertiary/aromatic N) is 3. The van der Waals surface area contributed by atoms with Crippen LogP contribution in [0.5, 0.6) is 17.4 Å². The minimum absolute atomic E-state index is 0.0596. The quantitative estimate of drug-likeness (QED) is 0.106. The third-order valence-corrected chi connectivity index (χ3v) is 9.34. The minimum Gasteiger partial charge on any atom is -0.479 e. The topological polar surface area (TPSA) is 188 Å². The molecule has 4 heterocycles. The molecule has 318 valence electrons. The molecular formula is C41H46F3N9O7. The fourth-order valence-corrected chi connectivity index (χ4v) is 6.40. The van der Waals surface area contributed by atoms with Crippen LogP contribution in [0.1, 0.15) is 35.2 Å². The van der Waals surface area contributed by atoms with Gasteiger partial charge in [0.1, 0.15) is 12.3 Å². The van der Waals surface area contributed by atoms with Gasteiger partial charge in [0.15, 0.2) is 24.7 Å². The number of carbonyl (C=O) groups excluding carboxylic acids is 4. The van der Waals surface area contributed by atoms with Crippen molar-refractivity contribution in [1.29, 1.82) is 0 Å². The van der Waals surface area contributed by atoms with Gasteiger partial charge in [-0.2, -0.15) is 13.2 Å². The van der Waals surface area contributed by atoms with Crippen molar-refractivity contribution in [1.82, 2.24) is 20.5 Å². The molecule has 6 amide bonds. The molecular weight excluding hydrogens is 788 g/mol. The SMILES string of the molecule is CN(C)CCOc1nc(C(F)(F)F)ccc1CNC(=O)Nc1cccc2c1OCC(=O)N2.Cc1ccc(CNC(=O)Nc2cccc3c2OCC(=O)N3)c(N2CCCC2)c1. The van der Waals surface area contributed by atoms with E-state index in [0.29, 0.717) is 47.3 Å². The second-order valence-electron chi connectivity index (χ2n) is 14.3. The third-order valence-electron chi connectivity index (χ3n) is 9.34. The molecule has 3 aliphatic rings. The van der Waals surface area contributed by atoms with Crippen LogP contribution in [0.15, 0.2) is 66.7 Å². The van der Waals surface area contributed by atoms with Crippen LogP contribution in [-0.2, 0) is 28.9 Å². The number of hydrogen-bond acceptors (Lipinski definition) is 10. The number of pyridine rings is 1. The summed E-state index contributed by atoms with van der Waals surface area (Å²) >= 11 is 0. The highest BCUT2D eigenvalue weighted by atomic mass is 19.4. The number of aryl methyl sites for hydroxylation is 1. The number of hydrogen-bond donors (Lipinski definition) is 6. The van der Waals surface area contributed by atoms with Crippen LogP contribution in [0.3, 0.4) is 0 Å². The van der Waals surface area contributed by atoms with E-state index in [1.54, 1.807) is 50.5 Å². The van der Waals surface area contributed by atoms with E-state index < -0.39 is 17.9 Å². The zero-order chi connectivity index (χ0) is 42.8. The molecule has 7 rings (SSSR count). The standard InChI is InChI=1S/C21H24N4O3.C20H22F3N5O4/c1-14-7-8-15(18(11-14)25-9-2-3-10-25)12-22-21(27)24-17-6-4-5-16-20(17)28-13-19(26)23-16;1-28(2)8-9-31-18-12(6-7-15(27-18)20(21,22)23)10-24-19(30)26-14-5-3-4-13-17(14)32-11-16(29)25-13/h4-8,11H,2-3,9-10,12-13H2,1H3,(H,23,26)(H2,22,24,27);3-7H,8-11H2,1-2H3,(H,25,29)(H2,24,26,30). The van der Waals surface area contributed by atoms with E-state index in [4.69, 9.17) is 14.2 Å². The summed E-state index contributed by atoms with van der Waals surface area (Å²) in [6.45, 7) is 4.87. The number of rotatable bonds is 11. The number of nitrogens with one attached hydrogen (secondary N) is 6. The number of amides is 6. The highest BCUT2D eigenvalue weighted by Gasteiger charge is 2.33. The fraction of sp³-hybridized carbons (Fsp3) is 0.341. The number of para-hydroxylation sites is 2. The molecule has 3 aromatic carbocycles. The second-order valence-corrected chi connectivity index (χ2v) is 14.3. The van der Waals surface area contributed by atoms with Crippen molar-refractivity contribution < 1.29 is 46.6 Å². The lowest BCUT2D eigenvalue weighted by atomic mass is 10.1. The van der Waals surface area contributed by atoms with Crippen LogP contribution >= 0.6 is 0 Å². The van der Waals surface area contributed by atoms with Gasteiger partial charge in [-0.1, -0.05) is 24.3 Å². The van der Waals surface area contributed by atoms with Crippen LogP contribution < -0.4 is 51.0 Å². The molecule has 0 radical (unpaired) electrons. The zero-order valence-electron chi connectivity index (χ0n) is 33.3. The summed E-state index contributed by atoms with van der Waals surface area (Å²) in [6, 6.07) is 17.5. The van der Waals surface area contributed by atoms with Gasteiger partial charge in [0.25, 0.3) is 11.8 Å². The highest BCUT2D eigenvalue weighted by molar-refractivity contribution is 6.00. The molecule has 0 aliphatic carbocycles. The van der Waals surface area contributed by atoms with Gasteiger partial charge < -0.3 is 55.9 Å². The van der Waals surface area contributed by atoms with Gasteiger partial charge in [0.2, 0.25) is 5.88 Å². The van der Waals surface area contributed by atoms with Crippen LogP contribution in [0.4, 0.5) is 51.2 Å². The molecule has 0 spiro atoms. The Balaban J connectivity index is 0.000000203. The minimum atomic E-state index is -4.62. The number of benzene rings is 3. The first-order chi connectivity index (χ1) is 28.7. The molecule has 1 fully saturated rings. The summed E-state index contributed by atoms with van der Waals surface area (Å²) in [5.41, 5.74) is 4.54. The molecule has 0 saturated carbocycles. The summed E-state index contributed by atoms with van der Waals surface area (Å²) in [4.78, 5) is 55.4. The Morgan fingerprint density at radius 1 is 0.817 bits per heavy atom. The van der Waals surface area contributed by atoms with Crippen molar-refractivity contribution in [3.8, 4) is 17.4 Å². The molecule has 4 aromatic rings. The van der Waals surface area contributed by atoms with Gasteiger partial charge in [0.05, 0.1) is 22.7 Å². The molecule has 60 heavy (non-hydrogen) atoms. The van der Waals surface area contributed by atoms with Gasteiger partial charge in [-0.3, -0.25) is 9.59 Å². The number of likely N-dealkylation sites (N-methyl/N-ethyl adjacent to an activating group) is 1. The molecule has 0 atom stereocenters. The van der Waals surface area contributed by atoms with Crippen LogP contribution in [0.2, 0.25) is 0 Å². The maximum absolute atomic E-state index is 13.0. The van der Waals surface area contributed by atoms with Crippen molar-refractivity contribution in [2.75, 3.05) is 79.7 Å². The first kappa shape index (κ1) is 42.8. The van der Waals surface area contributed by atoms with Gasteiger partial charge in [-0.25, -0.2) is 14.6 Å². The first-order valence-corrected chi connectivity index (χ1v) is 19.1. The molecule has 19 heteroatoms. The molecule has 1 aromatic heterocycles. The predicted molar refractivity (Wildman–Crippen MR) is 219 cm³/mol. The van der Waals surface area contributed by atoms with Gasteiger partial charge in [-0.15, -0.1) is 0 Å². The molecule has 0 bridgehead atoms. The zero-order valence-corrected chi connectivity index (χ0v) is 33.3. The van der Waals surface area contributed by atoms with Crippen LogP contribution in [0, 0.1) is 6.92 Å². The van der Waals surface area contributed by atoms with Crippen molar-refractivity contribution in [2.45, 2.75) is 39.0 Å². The number of aromatic nitrogens is 1. The average Bonchev–Trinajstić information content (AvgIpc) is 3.75. The van der Waals surface area contributed by atoms with E-state index in [0.717, 1.165) is 24.7 Å². The number of anilines is 5. The number of halogens is 3. The van der Waals surface area contributed by atoms with Gasteiger partial charge >= 0.3 is 18.2 Å². The number of ether oxygens (including phenoxy) is 3. The number of urea groups is 2.